The molecular weight excluding hydrogens is 707 g/mol. The summed E-state index contributed by atoms with van der Waals surface area (Å²) >= 11 is 0. The summed E-state index contributed by atoms with van der Waals surface area (Å²) in [6.07, 6.45) is -0.224. The Balaban J connectivity index is 1.09. The zero-order valence-corrected chi connectivity index (χ0v) is 31.7. The third-order valence-electron chi connectivity index (χ3n) is 12.2. The van der Waals surface area contributed by atoms with Gasteiger partial charge in [-0.3, -0.25) is 16.0 Å². The van der Waals surface area contributed by atoms with E-state index in [4.69, 9.17) is 0 Å². The molecule has 11 aromatic rings. The van der Waals surface area contributed by atoms with Crippen LogP contribution in [0.2, 0.25) is 0 Å². The first-order chi connectivity index (χ1) is 28.8. The van der Waals surface area contributed by atoms with Gasteiger partial charge >= 0.3 is 0 Å². The van der Waals surface area contributed by atoms with E-state index in [0.29, 0.717) is 0 Å². The van der Waals surface area contributed by atoms with E-state index in [2.05, 4.69) is 225 Å². The number of para-hydroxylation sites is 2. The molecule has 276 valence electrons. The van der Waals surface area contributed by atoms with Crippen LogP contribution < -0.4 is 16.0 Å². The fraction of sp³-hybridized carbons (Fsp3) is 0.0566. The molecule has 3 heterocycles. The molecule has 0 amide bonds. The number of rotatable bonds is 5. The highest BCUT2D eigenvalue weighted by Crippen LogP contribution is 2.43. The molecule has 0 bridgehead atoms. The van der Waals surface area contributed by atoms with Gasteiger partial charge in [0, 0.05) is 32.6 Å². The average Bonchev–Trinajstić information content (AvgIpc) is 3.80. The third kappa shape index (κ3) is 5.15. The molecule has 1 aliphatic rings. The van der Waals surface area contributed by atoms with Crippen LogP contribution in [-0.2, 0) is 0 Å². The Labute approximate surface area is 335 Å². The number of aromatic nitrogens is 2. The molecule has 2 atom stereocenters. The van der Waals surface area contributed by atoms with Crippen molar-refractivity contribution < 1.29 is 0 Å². The summed E-state index contributed by atoms with van der Waals surface area (Å²) in [5.74, 6) is 0. The first-order valence-corrected chi connectivity index (χ1v) is 20.1. The van der Waals surface area contributed by atoms with Gasteiger partial charge in [0.25, 0.3) is 0 Å². The molecule has 0 aliphatic carbocycles. The molecule has 0 radical (unpaired) electrons. The number of fused-ring (bicyclic) bond motifs is 9. The predicted molar refractivity (Wildman–Crippen MR) is 241 cm³/mol. The van der Waals surface area contributed by atoms with Crippen LogP contribution >= 0.6 is 0 Å². The zero-order valence-electron chi connectivity index (χ0n) is 31.7. The lowest BCUT2D eigenvalue weighted by Crippen LogP contribution is -2.54. The molecule has 9 aromatic carbocycles. The maximum atomic E-state index is 3.93. The number of nitrogens with one attached hydrogen (secondary N) is 3. The van der Waals surface area contributed by atoms with Crippen LogP contribution in [0.25, 0.3) is 76.5 Å². The average molecular weight is 746 g/mol. The topological polar surface area (TPSA) is 46.0 Å². The van der Waals surface area contributed by atoms with Gasteiger partial charge in [-0.1, -0.05) is 158 Å². The van der Waals surface area contributed by atoms with E-state index in [9.17, 15) is 0 Å². The Morgan fingerprint density at radius 1 is 0.328 bits per heavy atom. The van der Waals surface area contributed by atoms with E-state index in [0.717, 1.165) is 11.4 Å². The molecule has 1 aliphatic heterocycles. The Bertz CT molecular complexity index is 3280. The Morgan fingerprint density at radius 3 is 1.62 bits per heavy atom. The zero-order chi connectivity index (χ0) is 38.2. The molecule has 12 rings (SSSR count). The van der Waals surface area contributed by atoms with Crippen molar-refractivity contribution in [3.63, 3.8) is 0 Å². The van der Waals surface area contributed by atoms with Crippen molar-refractivity contribution in [2.45, 2.75) is 18.5 Å². The second kappa shape index (κ2) is 13.3. The molecule has 5 heteroatoms. The molecule has 58 heavy (non-hydrogen) atoms. The summed E-state index contributed by atoms with van der Waals surface area (Å²) < 4.78 is 4.94. The molecule has 1 saturated heterocycles. The van der Waals surface area contributed by atoms with Gasteiger partial charge < -0.3 is 9.13 Å². The van der Waals surface area contributed by atoms with E-state index in [1.165, 1.54) is 81.8 Å². The Kier molecular flexibility index (Phi) is 7.60. The summed E-state index contributed by atoms with van der Waals surface area (Å²) in [7, 11) is 0. The SMILES string of the molecule is c1ccc(C2NC(c3ccccc3)NC(c3ccc(-n4c5ccccc5c5cc6c7c8ccccc8ccc7n(-c7ccccc7)c6cc54)c4ccccc34)N2)cc1. The van der Waals surface area contributed by atoms with E-state index in [1.807, 2.05) is 0 Å². The standard InChI is InChI=1S/C53H39N5/c1-4-17-35(18-5-1)51-54-52(36-19-6-2-7-20-36)56-53(55-51)42-29-31-46(40-25-13-12-24-39(40)42)58-45-27-15-14-26-41(45)43-32-44-49(33-48(43)58)57(37-21-8-3-9-22-37)47-30-28-34-16-10-11-23-38(34)50(44)47/h1-33,51-56H. The molecule has 0 spiro atoms. The number of benzene rings is 9. The van der Waals surface area contributed by atoms with Crippen LogP contribution in [0.5, 0.6) is 0 Å². The summed E-state index contributed by atoms with van der Waals surface area (Å²) in [6, 6.07) is 72.8. The molecule has 2 unspecified atom stereocenters. The van der Waals surface area contributed by atoms with Gasteiger partial charge in [0.15, 0.2) is 0 Å². The lowest BCUT2D eigenvalue weighted by Gasteiger charge is -2.40. The minimum Gasteiger partial charge on any atom is -0.309 e. The van der Waals surface area contributed by atoms with Crippen molar-refractivity contribution in [2.75, 3.05) is 0 Å². The number of hydrogen-bond donors (Lipinski definition) is 3. The maximum Gasteiger partial charge on any atom is 0.0870 e. The maximum absolute atomic E-state index is 3.93. The summed E-state index contributed by atoms with van der Waals surface area (Å²) in [4.78, 5) is 0. The van der Waals surface area contributed by atoms with Crippen LogP contribution in [0.4, 0.5) is 0 Å². The fourth-order valence-corrected chi connectivity index (χ4v) is 9.62. The monoisotopic (exact) mass is 745 g/mol. The molecule has 2 aromatic heterocycles. The fourth-order valence-electron chi connectivity index (χ4n) is 9.62. The number of hydrogen-bond acceptors (Lipinski definition) is 3. The van der Waals surface area contributed by atoms with E-state index in [-0.39, 0.29) is 18.5 Å². The Morgan fingerprint density at radius 2 is 0.897 bits per heavy atom. The molecular formula is C53H39N5. The van der Waals surface area contributed by atoms with E-state index >= 15 is 0 Å². The summed E-state index contributed by atoms with van der Waals surface area (Å²) in [5, 5.41) is 21.6. The minimum atomic E-state index is -0.121. The van der Waals surface area contributed by atoms with Gasteiger partial charge in [0.1, 0.15) is 0 Å². The van der Waals surface area contributed by atoms with Gasteiger partial charge in [-0.2, -0.15) is 0 Å². The quantitative estimate of drug-likeness (QED) is 0.164. The van der Waals surface area contributed by atoms with Gasteiger partial charge in [-0.25, -0.2) is 0 Å². The van der Waals surface area contributed by atoms with Crippen molar-refractivity contribution in [3.05, 3.63) is 217 Å². The molecule has 1 fully saturated rings. The minimum absolute atomic E-state index is 0.0515. The van der Waals surface area contributed by atoms with Crippen LogP contribution in [0.3, 0.4) is 0 Å². The smallest absolute Gasteiger partial charge is 0.0870 e. The first-order valence-electron chi connectivity index (χ1n) is 20.1. The molecule has 5 nitrogen and oxygen atoms in total. The van der Waals surface area contributed by atoms with Gasteiger partial charge in [0.05, 0.1) is 46.3 Å². The summed E-state index contributed by atoms with van der Waals surface area (Å²) in [6.45, 7) is 0. The second-order valence-corrected chi connectivity index (χ2v) is 15.4. The third-order valence-corrected chi connectivity index (χ3v) is 12.2. The summed E-state index contributed by atoms with van der Waals surface area (Å²) in [5.41, 5.74) is 10.7. The van der Waals surface area contributed by atoms with Crippen LogP contribution in [0, 0.1) is 0 Å². The van der Waals surface area contributed by atoms with Crippen LogP contribution in [-0.4, -0.2) is 9.13 Å². The lowest BCUT2D eigenvalue weighted by atomic mass is 9.98. The van der Waals surface area contributed by atoms with E-state index < -0.39 is 0 Å². The van der Waals surface area contributed by atoms with Crippen molar-refractivity contribution in [2.24, 2.45) is 0 Å². The highest BCUT2D eigenvalue weighted by molar-refractivity contribution is 6.25. The number of nitrogens with zero attached hydrogens (tertiary/aromatic N) is 2. The van der Waals surface area contributed by atoms with Gasteiger partial charge in [-0.05, 0) is 75.3 Å². The lowest BCUT2D eigenvalue weighted by molar-refractivity contribution is 0.204. The van der Waals surface area contributed by atoms with Crippen LogP contribution in [0.1, 0.15) is 35.2 Å². The van der Waals surface area contributed by atoms with Crippen molar-refractivity contribution in [1.29, 1.82) is 0 Å². The largest absolute Gasteiger partial charge is 0.309 e. The first kappa shape index (κ1) is 33.2. The highest BCUT2D eigenvalue weighted by Gasteiger charge is 2.31. The predicted octanol–water partition coefficient (Wildman–Crippen LogP) is 12.4. The normalized spacial score (nSPS) is 17.3. The molecule has 0 saturated carbocycles. The van der Waals surface area contributed by atoms with Crippen LogP contribution in [0.15, 0.2) is 200 Å². The molecule has 3 N–H and O–H groups in total. The van der Waals surface area contributed by atoms with E-state index in [1.54, 1.807) is 0 Å². The Hall–Kier alpha value is -7.02. The van der Waals surface area contributed by atoms with Crippen molar-refractivity contribution in [3.8, 4) is 11.4 Å². The van der Waals surface area contributed by atoms with Gasteiger partial charge in [0.2, 0.25) is 0 Å². The second-order valence-electron chi connectivity index (χ2n) is 15.4. The van der Waals surface area contributed by atoms with Gasteiger partial charge in [-0.15, -0.1) is 0 Å². The van der Waals surface area contributed by atoms with Crippen molar-refractivity contribution in [1.82, 2.24) is 25.1 Å². The highest BCUT2D eigenvalue weighted by atomic mass is 15.4. The van der Waals surface area contributed by atoms with Crippen molar-refractivity contribution >= 4 is 65.2 Å².